The van der Waals surface area contributed by atoms with Crippen molar-refractivity contribution >= 4 is 29.1 Å². The number of likely N-dealkylation sites (tertiary alicyclic amines) is 1. The molecule has 30 heavy (non-hydrogen) atoms. The summed E-state index contributed by atoms with van der Waals surface area (Å²) in [6.45, 7) is 4.74. The first-order chi connectivity index (χ1) is 14.6. The maximum Gasteiger partial charge on any atom is 0.226 e. The van der Waals surface area contributed by atoms with Crippen LogP contribution in [-0.2, 0) is 4.79 Å². The lowest BCUT2D eigenvalue weighted by molar-refractivity contribution is -0.144. The number of halogens is 2. The van der Waals surface area contributed by atoms with E-state index in [9.17, 15) is 4.79 Å². The van der Waals surface area contributed by atoms with Crippen LogP contribution in [0.2, 0.25) is 10.0 Å². The first-order valence-electron chi connectivity index (χ1n) is 11.0. The van der Waals surface area contributed by atoms with Crippen LogP contribution in [0.5, 0.6) is 0 Å². The smallest absolute Gasteiger partial charge is 0.226 e. The summed E-state index contributed by atoms with van der Waals surface area (Å²) < 4.78 is 0. The highest BCUT2D eigenvalue weighted by molar-refractivity contribution is 6.30. The van der Waals surface area contributed by atoms with Gasteiger partial charge in [-0.3, -0.25) is 4.79 Å². The van der Waals surface area contributed by atoms with Crippen LogP contribution in [-0.4, -0.2) is 17.4 Å². The molecule has 2 unspecified atom stereocenters. The highest BCUT2D eigenvalue weighted by atomic mass is 35.5. The van der Waals surface area contributed by atoms with Crippen LogP contribution in [0.4, 0.5) is 0 Å². The quantitative estimate of drug-likeness (QED) is 0.426. The van der Waals surface area contributed by atoms with Gasteiger partial charge in [0.2, 0.25) is 5.91 Å². The van der Waals surface area contributed by atoms with Crippen molar-refractivity contribution in [1.29, 1.82) is 0 Å². The Balaban J connectivity index is 1.78. The van der Waals surface area contributed by atoms with Gasteiger partial charge in [0.25, 0.3) is 0 Å². The average molecular weight is 442 g/mol. The Morgan fingerprint density at radius 3 is 2.40 bits per heavy atom. The minimum absolute atomic E-state index is 0.00472. The summed E-state index contributed by atoms with van der Waals surface area (Å²) in [5.41, 5.74) is 2.34. The monoisotopic (exact) mass is 441 g/mol. The molecular weight excluding hydrogens is 413 g/mol. The Morgan fingerprint density at radius 2 is 1.73 bits per heavy atom. The van der Waals surface area contributed by atoms with E-state index >= 15 is 0 Å². The van der Waals surface area contributed by atoms with Crippen molar-refractivity contribution < 1.29 is 4.79 Å². The van der Waals surface area contributed by atoms with E-state index in [0.717, 1.165) is 23.6 Å². The van der Waals surface area contributed by atoms with Crippen molar-refractivity contribution in [2.75, 3.05) is 6.54 Å². The lowest BCUT2D eigenvalue weighted by Crippen LogP contribution is -2.48. The molecule has 0 bridgehead atoms. The first kappa shape index (κ1) is 21.5. The number of hydrogen-bond acceptors (Lipinski definition) is 1. The first-order valence-corrected chi connectivity index (χ1v) is 11.7. The lowest BCUT2D eigenvalue weighted by atomic mass is 9.74. The zero-order chi connectivity index (χ0) is 21.1. The molecule has 0 N–H and O–H groups in total. The number of allylic oxidation sites excluding steroid dienone is 1. The molecule has 0 aromatic heterocycles. The summed E-state index contributed by atoms with van der Waals surface area (Å²) in [6, 6.07) is 16.1. The van der Waals surface area contributed by atoms with Crippen LogP contribution in [0.3, 0.4) is 0 Å². The normalized spacial score (nSPS) is 24.9. The summed E-state index contributed by atoms with van der Waals surface area (Å²) in [7, 11) is 0. The van der Waals surface area contributed by atoms with Crippen LogP contribution in [0, 0.1) is 11.8 Å². The van der Waals surface area contributed by atoms with Crippen molar-refractivity contribution in [3.63, 3.8) is 0 Å². The molecule has 1 saturated carbocycles. The highest BCUT2D eigenvalue weighted by Gasteiger charge is 2.43. The number of benzene rings is 2. The van der Waals surface area contributed by atoms with Crippen LogP contribution < -0.4 is 0 Å². The molecule has 2 aliphatic rings. The molecule has 3 atom stereocenters. The molecule has 158 valence electrons. The summed E-state index contributed by atoms with van der Waals surface area (Å²) >= 11 is 12.5. The van der Waals surface area contributed by atoms with Gasteiger partial charge in [-0.05, 0) is 67.0 Å². The van der Waals surface area contributed by atoms with Crippen molar-refractivity contribution in [1.82, 2.24) is 4.90 Å². The molecule has 1 aliphatic heterocycles. The fourth-order valence-electron chi connectivity index (χ4n) is 5.33. The van der Waals surface area contributed by atoms with Gasteiger partial charge in [-0.15, -0.1) is 6.58 Å². The second-order valence-corrected chi connectivity index (χ2v) is 9.63. The Bertz CT molecular complexity index is 888. The molecule has 4 heteroatoms. The second-order valence-electron chi connectivity index (χ2n) is 8.76. The van der Waals surface area contributed by atoms with Gasteiger partial charge in [0.1, 0.15) is 0 Å². The maximum atomic E-state index is 13.6. The molecule has 2 aromatic carbocycles. The molecule has 1 aliphatic carbocycles. The molecule has 1 saturated heterocycles. The fraction of sp³-hybridized carbons (Fsp3) is 0.423. The number of piperidine rings is 1. The summed E-state index contributed by atoms with van der Waals surface area (Å²) in [4.78, 5) is 15.8. The Labute approximate surface area is 189 Å². The third-order valence-electron chi connectivity index (χ3n) is 6.76. The molecule has 0 spiro atoms. The van der Waals surface area contributed by atoms with Gasteiger partial charge in [-0.25, -0.2) is 0 Å². The van der Waals surface area contributed by atoms with Gasteiger partial charge < -0.3 is 4.90 Å². The Hall–Kier alpha value is -1.77. The minimum atomic E-state index is -0.0311. The predicted molar refractivity (Wildman–Crippen MR) is 125 cm³/mol. The van der Waals surface area contributed by atoms with Gasteiger partial charge in [0, 0.05) is 28.4 Å². The lowest BCUT2D eigenvalue weighted by Gasteiger charge is -2.46. The molecular formula is C26H29Cl2NO. The van der Waals surface area contributed by atoms with Gasteiger partial charge in [-0.2, -0.15) is 0 Å². The van der Waals surface area contributed by atoms with Crippen LogP contribution in [0.25, 0.3) is 0 Å². The van der Waals surface area contributed by atoms with E-state index in [-0.39, 0.29) is 23.8 Å². The van der Waals surface area contributed by atoms with Crippen molar-refractivity contribution in [2.45, 2.75) is 50.5 Å². The summed E-state index contributed by atoms with van der Waals surface area (Å²) in [6.07, 6.45) is 8.37. The van der Waals surface area contributed by atoms with Gasteiger partial charge in [0.15, 0.2) is 0 Å². The number of hydrogen-bond donors (Lipinski definition) is 0. The van der Waals surface area contributed by atoms with Crippen LogP contribution in [0.15, 0.2) is 61.2 Å². The number of nitrogens with zero attached hydrogens (tertiary/aromatic N) is 1. The zero-order valence-electron chi connectivity index (χ0n) is 17.3. The largest absolute Gasteiger partial charge is 0.335 e. The van der Waals surface area contributed by atoms with Crippen molar-refractivity contribution in [2.24, 2.45) is 11.8 Å². The van der Waals surface area contributed by atoms with Crippen molar-refractivity contribution in [3.8, 4) is 0 Å². The SMILES string of the molecule is C=CC[C@@H]1CC(c2cccc(Cl)c2)C(c2ccc(Cl)cc2)N(CC2CCCC2)C1=O. The minimum Gasteiger partial charge on any atom is -0.335 e. The van der Waals surface area contributed by atoms with Gasteiger partial charge in [0.05, 0.1) is 6.04 Å². The maximum absolute atomic E-state index is 13.6. The van der Waals surface area contributed by atoms with E-state index in [2.05, 4.69) is 35.7 Å². The fourth-order valence-corrected chi connectivity index (χ4v) is 5.65. The van der Waals surface area contributed by atoms with E-state index in [0.29, 0.717) is 17.4 Å². The van der Waals surface area contributed by atoms with E-state index in [1.807, 2.05) is 30.3 Å². The standard InChI is InChI=1S/C26H29Cl2NO/c1-2-6-21-16-24(20-9-5-10-23(28)15-20)25(19-11-13-22(27)14-12-19)29(26(21)30)17-18-7-3-4-8-18/h2,5,9-15,18,21,24-25H,1,3-4,6-8,16-17H2/t21-,24?,25?/m1/s1. The Morgan fingerprint density at radius 1 is 1.00 bits per heavy atom. The van der Waals surface area contributed by atoms with Crippen molar-refractivity contribution in [3.05, 3.63) is 82.4 Å². The molecule has 2 aromatic rings. The van der Waals surface area contributed by atoms with Crippen LogP contribution >= 0.6 is 23.2 Å². The summed E-state index contributed by atoms with van der Waals surface area (Å²) in [5.74, 6) is 1.01. The molecule has 1 amide bonds. The van der Waals surface area contributed by atoms with Gasteiger partial charge in [-0.1, -0.05) is 66.4 Å². The molecule has 2 nitrogen and oxygen atoms in total. The number of amides is 1. The molecule has 2 fully saturated rings. The highest BCUT2D eigenvalue weighted by Crippen LogP contribution is 2.47. The van der Waals surface area contributed by atoms with Crippen LogP contribution in [0.1, 0.15) is 61.6 Å². The van der Waals surface area contributed by atoms with E-state index < -0.39 is 0 Å². The predicted octanol–water partition coefficient (Wildman–Crippen LogP) is 7.43. The van der Waals surface area contributed by atoms with E-state index in [1.165, 1.54) is 31.2 Å². The third kappa shape index (κ3) is 4.60. The van der Waals surface area contributed by atoms with E-state index in [4.69, 9.17) is 23.2 Å². The molecule has 0 radical (unpaired) electrons. The number of carbonyl (C=O) groups is 1. The van der Waals surface area contributed by atoms with E-state index in [1.54, 1.807) is 0 Å². The molecule has 1 heterocycles. The Kier molecular flexibility index (Phi) is 6.85. The summed E-state index contributed by atoms with van der Waals surface area (Å²) in [5, 5.41) is 1.45. The number of carbonyl (C=O) groups excluding carboxylic acids is 1. The number of rotatable bonds is 6. The molecule has 4 rings (SSSR count). The average Bonchev–Trinajstić information content (AvgIpc) is 3.25. The second kappa shape index (κ2) is 9.58. The third-order valence-corrected chi connectivity index (χ3v) is 7.24. The zero-order valence-corrected chi connectivity index (χ0v) is 18.8. The topological polar surface area (TPSA) is 20.3 Å². The van der Waals surface area contributed by atoms with Gasteiger partial charge >= 0.3 is 0 Å².